The number of imidazole rings is 1. The molecule has 0 saturated heterocycles. The molecule has 0 fully saturated rings. The van der Waals surface area contributed by atoms with E-state index in [1.54, 1.807) is 0 Å². The van der Waals surface area contributed by atoms with Crippen LogP contribution in [0.5, 0.6) is 0 Å². The number of carbonyl (C=O) groups excluding carboxylic acids is 1. The Balaban J connectivity index is 1.55. The molecule has 0 bridgehead atoms. The van der Waals surface area contributed by atoms with E-state index in [9.17, 15) is 23.6 Å². The second kappa shape index (κ2) is 7.63. The molecule has 0 N–H and O–H groups in total. The van der Waals surface area contributed by atoms with E-state index < -0.39 is 22.8 Å². The van der Waals surface area contributed by atoms with Crippen molar-refractivity contribution in [1.29, 1.82) is 0 Å². The number of aryl methyl sites for hydroxylation is 2. The first-order chi connectivity index (χ1) is 14.8. The standard InChI is InChI=1S/C19H17FN6O5/c1-23-16-15(17(28)24(2)18(23)29)25(10-21-16)9-14-22-26(19(30)31-14)8-7-13(27)11-3-5-12(20)6-4-11/h3-6,10H,7-9H2,1-2H3. The highest BCUT2D eigenvalue weighted by Crippen LogP contribution is 2.09. The van der Waals surface area contributed by atoms with Crippen LogP contribution in [0.3, 0.4) is 0 Å². The molecule has 0 aliphatic rings. The summed E-state index contributed by atoms with van der Waals surface area (Å²) in [4.78, 5) is 52.9. The molecule has 4 aromatic rings. The Bertz CT molecular complexity index is 1470. The first kappa shape index (κ1) is 20.2. The lowest BCUT2D eigenvalue weighted by Gasteiger charge is -2.04. The van der Waals surface area contributed by atoms with Gasteiger partial charge in [0.15, 0.2) is 16.9 Å². The number of hydrogen-bond acceptors (Lipinski definition) is 7. The lowest BCUT2D eigenvalue weighted by molar-refractivity contribution is 0.0975. The van der Waals surface area contributed by atoms with Crippen molar-refractivity contribution in [3.05, 3.63) is 79.3 Å². The molecule has 160 valence electrons. The Kier molecular flexibility index (Phi) is 4.97. The molecule has 0 unspecified atom stereocenters. The molecule has 3 aromatic heterocycles. The number of carbonyl (C=O) groups is 1. The predicted octanol–water partition coefficient (Wildman–Crippen LogP) is 0.0438. The lowest BCUT2D eigenvalue weighted by Crippen LogP contribution is -2.37. The van der Waals surface area contributed by atoms with Crippen LogP contribution in [-0.4, -0.2) is 34.2 Å². The first-order valence-corrected chi connectivity index (χ1v) is 9.22. The number of hydrogen-bond donors (Lipinski definition) is 0. The van der Waals surface area contributed by atoms with Gasteiger partial charge in [0.05, 0.1) is 12.9 Å². The van der Waals surface area contributed by atoms with Gasteiger partial charge in [-0.15, -0.1) is 5.10 Å². The Morgan fingerprint density at radius 2 is 1.81 bits per heavy atom. The van der Waals surface area contributed by atoms with Gasteiger partial charge in [0.1, 0.15) is 12.4 Å². The molecule has 4 rings (SSSR count). The molecule has 1 aromatic carbocycles. The molecule has 0 radical (unpaired) electrons. The van der Waals surface area contributed by atoms with Crippen molar-refractivity contribution in [1.82, 2.24) is 28.5 Å². The normalized spacial score (nSPS) is 11.3. The summed E-state index contributed by atoms with van der Waals surface area (Å²) in [6.45, 7) is -0.0996. The fourth-order valence-electron chi connectivity index (χ4n) is 3.20. The van der Waals surface area contributed by atoms with Crippen LogP contribution in [0, 0.1) is 5.82 Å². The van der Waals surface area contributed by atoms with Crippen LogP contribution in [0.25, 0.3) is 11.2 Å². The van der Waals surface area contributed by atoms with Crippen LogP contribution in [0.1, 0.15) is 22.7 Å². The van der Waals surface area contributed by atoms with E-state index in [0.717, 1.165) is 9.25 Å². The fraction of sp³-hybridized carbons (Fsp3) is 0.263. The van der Waals surface area contributed by atoms with E-state index in [1.807, 2.05) is 0 Å². The van der Waals surface area contributed by atoms with Crippen molar-refractivity contribution in [2.24, 2.45) is 14.1 Å². The van der Waals surface area contributed by atoms with Crippen LogP contribution in [0.2, 0.25) is 0 Å². The maximum Gasteiger partial charge on any atom is 0.437 e. The summed E-state index contributed by atoms with van der Waals surface area (Å²) in [7, 11) is 2.85. The molecular weight excluding hydrogens is 411 g/mol. The Morgan fingerprint density at radius 3 is 2.52 bits per heavy atom. The number of aromatic nitrogens is 6. The second-order valence-electron chi connectivity index (χ2n) is 6.92. The van der Waals surface area contributed by atoms with Crippen molar-refractivity contribution in [3.8, 4) is 0 Å². The molecule has 3 heterocycles. The SMILES string of the molecule is Cn1c(=O)c2c(ncn2Cc2nn(CCC(=O)c3ccc(F)cc3)c(=O)o2)n(C)c1=O. The molecule has 31 heavy (non-hydrogen) atoms. The maximum absolute atomic E-state index is 13.0. The molecule has 0 aliphatic carbocycles. The molecule has 0 saturated carbocycles. The highest BCUT2D eigenvalue weighted by molar-refractivity contribution is 5.95. The molecule has 0 atom stereocenters. The summed E-state index contributed by atoms with van der Waals surface area (Å²) in [5.74, 6) is -1.47. The summed E-state index contributed by atoms with van der Waals surface area (Å²) in [6.07, 6.45) is 1.32. The Labute approximate surface area is 172 Å². The van der Waals surface area contributed by atoms with E-state index in [4.69, 9.17) is 4.42 Å². The van der Waals surface area contributed by atoms with Crippen LogP contribution in [-0.2, 0) is 27.2 Å². The number of halogens is 1. The second-order valence-corrected chi connectivity index (χ2v) is 6.92. The van der Waals surface area contributed by atoms with E-state index in [0.29, 0.717) is 5.56 Å². The Hall–Kier alpha value is -4.09. The van der Waals surface area contributed by atoms with Crippen molar-refractivity contribution in [2.45, 2.75) is 19.5 Å². The first-order valence-electron chi connectivity index (χ1n) is 9.22. The zero-order valence-electron chi connectivity index (χ0n) is 16.6. The van der Waals surface area contributed by atoms with Gasteiger partial charge >= 0.3 is 11.4 Å². The Morgan fingerprint density at radius 1 is 1.10 bits per heavy atom. The molecule has 0 spiro atoms. The van der Waals surface area contributed by atoms with Gasteiger partial charge in [0, 0.05) is 26.1 Å². The zero-order chi connectivity index (χ0) is 22.3. The number of rotatable bonds is 6. The van der Waals surface area contributed by atoms with Gasteiger partial charge in [-0.1, -0.05) is 0 Å². The minimum Gasteiger partial charge on any atom is -0.390 e. The molecule has 12 heteroatoms. The summed E-state index contributed by atoms with van der Waals surface area (Å²) >= 11 is 0. The van der Waals surface area contributed by atoms with Gasteiger partial charge in [-0.25, -0.2) is 19.0 Å². The van der Waals surface area contributed by atoms with Crippen molar-refractivity contribution in [3.63, 3.8) is 0 Å². The molecule has 11 nitrogen and oxygen atoms in total. The van der Waals surface area contributed by atoms with E-state index in [2.05, 4.69) is 10.1 Å². The van der Waals surface area contributed by atoms with E-state index >= 15 is 0 Å². The van der Waals surface area contributed by atoms with Gasteiger partial charge in [0.25, 0.3) is 5.56 Å². The lowest BCUT2D eigenvalue weighted by atomic mass is 10.1. The van der Waals surface area contributed by atoms with Crippen molar-refractivity contribution in [2.75, 3.05) is 0 Å². The van der Waals surface area contributed by atoms with Crippen LogP contribution < -0.4 is 17.0 Å². The number of nitrogens with zero attached hydrogens (tertiary/aromatic N) is 6. The van der Waals surface area contributed by atoms with Gasteiger partial charge in [0.2, 0.25) is 5.89 Å². The average molecular weight is 428 g/mol. The van der Waals surface area contributed by atoms with Gasteiger partial charge < -0.3 is 8.98 Å². The minimum absolute atomic E-state index is 0.00874. The molecular formula is C19H17FN6O5. The molecule has 0 amide bonds. The third-order valence-electron chi connectivity index (χ3n) is 4.89. The zero-order valence-corrected chi connectivity index (χ0v) is 16.6. The van der Waals surface area contributed by atoms with Gasteiger partial charge in [-0.05, 0) is 24.3 Å². The highest BCUT2D eigenvalue weighted by Gasteiger charge is 2.17. The summed E-state index contributed by atoms with van der Waals surface area (Å²) in [6, 6.07) is 5.10. The minimum atomic E-state index is -0.758. The molecule has 0 aliphatic heterocycles. The van der Waals surface area contributed by atoms with Gasteiger partial charge in [-0.2, -0.15) is 4.68 Å². The van der Waals surface area contributed by atoms with Crippen LogP contribution >= 0.6 is 0 Å². The number of fused-ring (bicyclic) bond motifs is 1. The number of benzene rings is 1. The topological polar surface area (TPSA) is 127 Å². The third-order valence-corrected chi connectivity index (χ3v) is 4.89. The van der Waals surface area contributed by atoms with E-state index in [1.165, 1.54) is 53.8 Å². The van der Waals surface area contributed by atoms with Crippen LogP contribution in [0.4, 0.5) is 4.39 Å². The van der Waals surface area contributed by atoms with E-state index in [-0.39, 0.29) is 42.3 Å². The van der Waals surface area contributed by atoms with Crippen molar-refractivity contribution >= 4 is 16.9 Å². The largest absolute Gasteiger partial charge is 0.437 e. The summed E-state index contributed by atoms with van der Waals surface area (Å²) in [5.41, 5.74) is -0.371. The van der Waals surface area contributed by atoms with Crippen molar-refractivity contribution < 1.29 is 13.6 Å². The van der Waals surface area contributed by atoms with Gasteiger partial charge in [-0.3, -0.25) is 18.7 Å². The smallest absolute Gasteiger partial charge is 0.390 e. The third kappa shape index (κ3) is 3.63. The number of ketones is 1. The summed E-state index contributed by atoms with van der Waals surface area (Å²) < 4.78 is 22.7. The maximum atomic E-state index is 13.0. The monoisotopic (exact) mass is 428 g/mol. The average Bonchev–Trinajstić information content (AvgIpc) is 3.32. The summed E-state index contributed by atoms with van der Waals surface area (Å²) in [5, 5.41) is 4.06. The highest BCUT2D eigenvalue weighted by atomic mass is 19.1. The fourth-order valence-corrected chi connectivity index (χ4v) is 3.20. The number of Topliss-reactive ketones (excluding diaryl/α,β-unsaturated/α-hetero) is 1. The predicted molar refractivity (Wildman–Crippen MR) is 105 cm³/mol. The quantitative estimate of drug-likeness (QED) is 0.397. The van der Waals surface area contributed by atoms with Crippen LogP contribution in [0.15, 0.2) is 49.4 Å².